The fourth-order valence-corrected chi connectivity index (χ4v) is 5.08. The summed E-state index contributed by atoms with van der Waals surface area (Å²) in [4.78, 5) is 45.2. The van der Waals surface area contributed by atoms with Crippen LogP contribution in [0.2, 0.25) is 0 Å². The van der Waals surface area contributed by atoms with Crippen LogP contribution in [0.25, 0.3) is 10.9 Å². The molecule has 166 valence electrons. The van der Waals surface area contributed by atoms with Crippen LogP contribution in [0.1, 0.15) is 39.0 Å². The van der Waals surface area contributed by atoms with Crippen LogP contribution < -0.4 is 5.56 Å². The Morgan fingerprint density at radius 2 is 1.84 bits per heavy atom. The van der Waals surface area contributed by atoms with Gasteiger partial charge in [-0.05, 0) is 56.0 Å². The second-order valence-corrected chi connectivity index (χ2v) is 9.26. The monoisotopic (exact) mass is 442 g/mol. The van der Waals surface area contributed by atoms with Crippen molar-refractivity contribution in [3.05, 3.63) is 39.4 Å². The van der Waals surface area contributed by atoms with Gasteiger partial charge >= 0.3 is 0 Å². The molecule has 0 spiro atoms. The molecule has 1 aromatic carbocycles. The third-order valence-corrected chi connectivity index (χ3v) is 6.93. The van der Waals surface area contributed by atoms with E-state index in [4.69, 9.17) is 12.2 Å². The molecule has 2 amide bonds. The summed E-state index contributed by atoms with van der Waals surface area (Å²) in [6, 6.07) is 7.23. The fourth-order valence-electron chi connectivity index (χ4n) is 4.79. The number of hydrogen-bond acceptors (Lipinski definition) is 4. The second kappa shape index (κ2) is 9.34. The highest BCUT2D eigenvalue weighted by Gasteiger charge is 2.31. The van der Waals surface area contributed by atoms with Crippen molar-refractivity contribution >= 4 is 34.9 Å². The van der Waals surface area contributed by atoms with E-state index < -0.39 is 0 Å². The average molecular weight is 443 g/mol. The lowest BCUT2D eigenvalue weighted by atomic mass is 9.92. The Kier molecular flexibility index (Phi) is 6.55. The molecule has 2 aromatic rings. The number of aromatic amines is 1. The Labute approximate surface area is 187 Å². The van der Waals surface area contributed by atoms with Crippen molar-refractivity contribution in [3.8, 4) is 0 Å². The van der Waals surface area contributed by atoms with Crippen LogP contribution in [-0.2, 0) is 16.1 Å². The average Bonchev–Trinajstić information content (AvgIpc) is 2.78. The van der Waals surface area contributed by atoms with Crippen LogP contribution in [0.3, 0.4) is 0 Å². The highest BCUT2D eigenvalue weighted by atomic mass is 32.1. The van der Waals surface area contributed by atoms with E-state index >= 15 is 0 Å². The molecule has 0 aliphatic carbocycles. The minimum absolute atomic E-state index is 0.00644. The molecule has 1 aromatic heterocycles. The molecule has 2 aliphatic heterocycles. The van der Waals surface area contributed by atoms with E-state index in [-0.39, 0.29) is 36.3 Å². The molecule has 1 N–H and O–H groups in total. The third kappa shape index (κ3) is 4.74. The highest BCUT2D eigenvalue weighted by Crippen LogP contribution is 2.24. The first-order valence-corrected chi connectivity index (χ1v) is 11.6. The summed E-state index contributed by atoms with van der Waals surface area (Å²) in [6.07, 6.45) is 3.93. The van der Waals surface area contributed by atoms with Crippen molar-refractivity contribution < 1.29 is 9.59 Å². The number of fused-ring (bicyclic) bond motifs is 1. The number of benzene rings is 1. The van der Waals surface area contributed by atoms with E-state index in [2.05, 4.69) is 11.9 Å². The van der Waals surface area contributed by atoms with Crippen molar-refractivity contribution in [1.82, 2.24) is 19.4 Å². The predicted molar refractivity (Wildman–Crippen MR) is 122 cm³/mol. The van der Waals surface area contributed by atoms with Gasteiger partial charge in [-0.1, -0.05) is 19.1 Å². The SMILES string of the molecule is CC1CCCN(C(=O)C2CCN(C(=O)CCn3c(=S)[nH]c4ccccc4c3=O)CC2)C1. The van der Waals surface area contributed by atoms with Gasteiger partial charge in [0.05, 0.1) is 10.9 Å². The lowest BCUT2D eigenvalue weighted by Gasteiger charge is -2.37. The summed E-state index contributed by atoms with van der Waals surface area (Å²) in [6.45, 7) is 5.37. The summed E-state index contributed by atoms with van der Waals surface area (Å²) in [5.74, 6) is 0.857. The molecular weight excluding hydrogens is 412 g/mol. The molecule has 1 atom stereocenters. The first kappa shape index (κ1) is 21.7. The summed E-state index contributed by atoms with van der Waals surface area (Å²) in [5.41, 5.74) is 0.530. The number of carbonyl (C=O) groups excluding carboxylic acids is 2. The number of aromatic nitrogens is 2. The number of rotatable bonds is 4. The molecule has 3 heterocycles. The number of likely N-dealkylation sites (tertiary alicyclic amines) is 2. The molecular formula is C23H30N4O3S. The number of nitrogens with zero attached hydrogens (tertiary/aromatic N) is 3. The first-order chi connectivity index (χ1) is 14.9. The Morgan fingerprint density at radius 1 is 1.10 bits per heavy atom. The van der Waals surface area contributed by atoms with Gasteiger partial charge in [0.1, 0.15) is 0 Å². The zero-order valence-electron chi connectivity index (χ0n) is 18.0. The number of piperidine rings is 2. The molecule has 4 rings (SSSR count). The number of hydrogen-bond donors (Lipinski definition) is 1. The summed E-state index contributed by atoms with van der Waals surface area (Å²) in [5, 5.41) is 0.565. The van der Waals surface area contributed by atoms with Crippen LogP contribution in [0, 0.1) is 16.6 Å². The van der Waals surface area contributed by atoms with E-state index in [0.29, 0.717) is 47.5 Å². The minimum Gasteiger partial charge on any atom is -0.343 e. The van der Waals surface area contributed by atoms with Gasteiger partial charge in [0.25, 0.3) is 5.56 Å². The number of carbonyl (C=O) groups is 2. The summed E-state index contributed by atoms with van der Waals surface area (Å²) < 4.78 is 1.79. The van der Waals surface area contributed by atoms with Crippen molar-refractivity contribution in [3.63, 3.8) is 0 Å². The minimum atomic E-state index is -0.174. The Bertz CT molecular complexity index is 1080. The van der Waals surface area contributed by atoms with Crippen LogP contribution >= 0.6 is 12.2 Å². The number of para-hydroxylation sites is 1. The largest absolute Gasteiger partial charge is 0.343 e. The third-order valence-electron chi connectivity index (χ3n) is 6.60. The fraction of sp³-hybridized carbons (Fsp3) is 0.565. The molecule has 2 aliphatic rings. The molecule has 31 heavy (non-hydrogen) atoms. The maximum Gasteiger partial charge on any atom is 0.262 e. The maximum absolute atomic E-state index is 12.8. The van der Waals surface area contributed by atoms with Gasteiger partial charge in [0, 0.05) is 45.1 Å². The van der Waals surface area contributed by atoms with Gasteiger partial charge in [-0.3, -0.25) is 19.0 Å². The molecule has 2 saturated heterocycles. The van der Waals surface area contributed by atoms with Crippen LogP contribution in [0.15, 0.2) is 29.1 Å². The zero-order valence-corrected chi connectivity index (χ0v) is 18.8. The highest BCUT2D eigenvalue weighted by molar-refractivity contribution is 7.71. The van der Waals surface area contributed by atoms with Gasteiger partial charge in [-0.2, -0.15) is 0 Å². The molecule has 7 nitrogen and oxygen atoms in total. The number of nitrogens with one attached hydrogen (secondary N) is 1. The molecule has 1 unspecified atom stereocenters. The van der Waals surface area contributed by atoms with Gasteiger partial charge in [-0.15, -0.1) is 0 Å². The quantitative estimate of drug-likeness (QED) is 0.739. The number of amides is 2. The second-order valence-electron chi connectivity index (χ2n) is 8.87. The predicted octanol–water partition coefficient (Wildman–Crippen LogP) is 2.95. The van der Waals surface area contributed by atoms with Crippen molar-refractivity contribution in [2.75, 3.05) is 26.2 Å². The summed E-state index contributed by atoms with van der Waals surface area (Å²) >= 11 is 5.33. The van der Waals surface area contributed by atoms with Gasteiger partial charge in [-0.25, -0.2) is 0 Å². The van der Waals surface area contributed by atoms with E-state index in [9.17, 15) is 14.4 Å². The topological polar surface area (TPSA) is 78.4 Å². The lowest BCUT2D eigenvalue weighted by Crippen LogP contribution is -2.47. The van der Waals surface area contributed by atoms with Crippen LogP contribution in [-0.4, -0.2) is 57.3 Å². The molecule has 0 saturated carbocycles. The zero-order chi connectivity index (χ0) is 22.0. The molecule has 8 heteroatoms. The van der Waals surface area contributed by atoms with E-state index in [1.807, 2.05) is 28.0 Å². The van der Waals surface area contributed by atoms with Gasteiger partial charge in [0.2, 0.25) is 11.8 Å². The van der Waals surface area contributed by atoms with Crippen molar-refractivity contribution in [2.24, 2.45) is 11.8 Å². The van der Waals surface area contributed by atoms with Gasteiger partial charge in [0.15, 0.2) is 4.77 Å². The molecule has 2 fully saturated rings. The van der Waals surface area contributed by atoms with Crippen LogP contribution in [0.5, 0.6) is 0 Å². The summed E-state index contributed by atoms with van der Waals surface area (Å²) in [7, 11) is 0. The Hall–Kier alpha value is -2.48. The van der Waals surface area contributed by atoms with Gasteiger partial charge < -0.3 is 14.8 Å². The smallest absolute Gasteiger partial charge is 0.262 e. The van der Waals surface area contributed by atoms with E-state index in [1.54, 1.807) is 6.07 Å². The standard InChI is InChI=1S/C23H30N4O3S/c1-16-5-4-11-26(15-16)21(29)17-8-12-25(13-9-17)20(28)10-14-27-22(30)18-6-2-3-7-19(18)24-23(27)31/h2-3,6-7,16-17H,4-5,8-15H2,1H3,(H,24,31). The lowest BCUT2D eigenvalue weighted by molar-refractivity contribution is -0.142. The van der Waals surface area contributed by atoms with Crippen LogP contribution in [0.4, 0.5) is 0 Å². The van der Waals surface area contributed by atoms with Crippen molar-refractivity contribution in [2.45, 2.75) is 45.6 Å². The Balaban J connectivity index is 1.33. The Morgan fingerprint density at radius 3 is 2.58 bits per heavy atom. The molecule has 0 bridgehead atoms. The number of H-pyrrole nitrogens is 1. The van der Waals surface area contributed by atoms with Crippen molar-refractivity contribution in [1.29, 1.82) is 0 Å². The maximum atomic E-state index is 12.8. The molecule has 0 radical (unpaired) electrons. The van der Waals surface area contributed by atoms with E-state index in [1.165, 1.54) is 11.0 Å². The van der Waals surface area contributed by atoms with E-state index in [0.717, 1.165) is 19.5 Å². The first-order valence-electron chi connectivity index (χ1n) is 11.2. The normalized spacial score (nSPS) is 20.2.